The predicted molar refractivity (Wildman–Crippen MR) is 77.8 cm³/mol. The first-order valence-corrected chi connectivity index (χ1v) is 9.19. The van der Waals surface area contributed by atoms with Gasteiger partial charge < -0.3 is 10.2 Å². The number of piperidine rings is 1. The van der Waals surface area contributed by atoms with Gasteiger partial charge in [0.2, 0.25) is 15.9 Å². The number of likely N-dealkylation sites (tertiary alicyclic amines) is 1. The van der Waals surface area contributed by atoms with Crippen LogP contribution >= 0.6 is 0 Å². The molecule has 2 rings (SSSR count). The van der Waals surface area contributed by atoms with Gasteiger partial charge in [-0.1, -0.05) is 6.92 Å². The average Bonchev–Trinajstić information content (AvgIpc) is 2.92. The van der Waals surface area contributed by atoms with Gasteiger partial charge in [-0.05, 0) is 38.6 Å². The van der Waals surface area contributed by atoms with Gasteiger partial charge in [-0.2, -0.15) is 0 Å². The van der Waals surface area contributed by atoms with Crippen LogP contribution in [0.4, 0.5) is 0 Å². The second kappa shape index (κ2) is 6.87. The molecule has 6 nitrogen and oxygen atoms in total. The maximum Gasteiger partial charge on any atom is 0.239 e. The van der Waals surface area contributed by atoms with E-state index in [1.807, 2.05) is 11.8 Å². The number of carbonyl (C=O) groups excluding carboxylic acids is 1. The van der Waals surface area contributed by atoms with E-state index in [9.17, 15) is 13.2 Å². The van der Waals surface area contributed by atoms with E-state index in [1.54, 1.807) is 0 Å². The van der Waals surface area contributed by atoms with Crippen LogP contribution in [0.1, 0.15) is 39.0 Å². The van der Waals surface area contributed by atoms with Gasteiger partial charge >= 0.3 is 0 Å². The Labute approximate surface area is 121 Å². The van der Waals surface area contributed by atoms with E-state index in [-0.39, 0.29) is 23.7 Å². The highest BCUT2D eigenvalue weighted by Gasteiger charge is 2.30. The Kier molecular flexibility index (Phi) is 5.40. The number of nitrogens with one attached hydrogen (secondary N) is 2. The fraction of sp³-hybridized carbons (Fsp3) is 0.923. The lowest BCUT2D eigenvalue weighted by atomic mass is 10.0. The lowest BCUT2D eigenvalue weighted by Gasteiger charge is -2.33. The van der Waals surface area contributed by atoms with Crippen LogP contribution in [0.3, 0.4) is 0 Å². The van der Waals surface area contributed by atoms with Crippen molar-refractivity contribution in [3.05, 3.63) is 0 Å². The molecule has 7 heteroatoms. The lowest BCUT2D eigenvalue weighted by molar-refractivity contribution is -0.134. The summed E-state index contributed by atoms with van der Waals surface area (Å²) in [6.45, 7) is 4.07. The van der Waals surface area contributed by atoms with Crippen molar-refractivity contribution in [3.63, 3.8) is 0 Å². The minimum Gasteiger partial charge on any atom is -0.341 e. The second-order valence-electron chi connectivity index (χ2n) is 5.69. The quantitative estimate of drug-likeness (QED) is 0.753. The number of nitrogens with zero attached hydrogens (tertiary/aromatic N) is 1. The molecule has 0 aliphatic carbocycles. The Morgan fingerprint density at radius 3 is 2.55 bits per heavy atom. The molecule has 2 aliphatic rings. The van der Waals surface area contributed by atoms with E-state index in [2.05, 4.69) is 10.0 Å². The van der Waals surface area contributed by atoms with Crippen molar-refractivity contribution >= 4 is 15.9 Å². The highest BCUT2D eigenvalue weighted by Crippen LogP contribution is 2.15. The topological polar surface area (TPSA) is 78.5 Å². The number of amides is 1. The van der Waals surface area contributed by atoms with Crippen molar-refractivity contribution in [2.45, 2.75) is 51.1 Å². The molecule has 1 amide bonds. The Morgan fingerprint density at radius 2 is 2.00 bits per heavy atom. The van der Waals surface area contributed by atoms with E-state index in [0.29, 0.717) is 32.4 Å². The van der Waals surface area contributed by atoms with Crippen LogP contribution in [-0.4, -0.2) is 56.7 Å². The van der Waals surface area contributed by atoms with Crippen LogP contribution in [0.25, 0.3) is 0 Å². The van der Waals surface area contributed by atoms with Crippen molar-refractivity contribution in [1.82, 2.24) is 14.9 Å². The highest BCUT2D eigenvalue weighted by atomic mass is 32.2. The summed E-state index contributed by atoms with van der Waals surface area (Å²) in [7, 11) is -3.15. The van der Waals surface area contributed by atoms with Crippen molar-refractivity contribution in [1.29, 1.82) is 0 Å². The van der Waals surface area contributed by atoms with E-state index < -0.39 is 10.0 Å². The summed E-state index contributed by atoms with van der Waals surface area (Å²) in [4.78, 5) is 14.1. The molecule has 0 aromatic heterocycles. The summed E-state index contributed by atoms with van der Waals surface area (Å²) in [5.74, 6) is 0.357. The number of sulfonamides is 1. The molecule has 0 spiro atoms. The summed E-state index contributed by atoms with van der Waals surface area (Å²) in [6, 6.07) is -0.0459. The maximum absolute atomic E-state index is 12.2. The van der Waals surface area contributed by atoms with Gasteiger partial charge in [0.15, 0.2) is 0 Å². The van der Waals surface area contributed by atoms with Gasteiger partial charge in [-0.25, -0.2) is 13.1 Å². The predicted octanol–water partition coefficient (Wildman–Crippen LogP) is 0.0588. The minimum absolute atomic E-state index is 0.0212. The lowest BCUT2D eigenvalue weighted by Crippen LogP contribution is -2.51. The largest absolute Gasteiger partial charge is 0.341 e. The molecular weight excluding hydrogens is 278 g/mol. The molecule has 2 heterocycles. The molecule has 0 aromatic carbocycles. The second-order valence-corrected chi connectivity index (χ2v) is 7.56. The van der Waals surface area contributed by atoms with Crippen molar-refractivity contribution in [3.8, 4) is 0 Å². The van der Waals surface area contributed by atoms with E-state index in [4.69, 9.17) is 0 Å². The minimum atomic E-state index is -3.15. The fourth-order valence-corrected chi connectivity index (χ4v) is 4.31. The van der Waals surface area contributed by atoms with Gasteiger partial charge in [-0.3, -0.25) is 4.79 Å². The van der Waals surface area contributed by atoms with Crippen LogP contribution in [0, 0.1) is 0 Å². The van der Waals surface area contributed by atoms with Gasteiger partial charge in [0.05, 0.1) is 11.8 Å². The summed E-state index contributed by atoms with van der Waals surface area (Å²) in [5, 5.41) is 3.22. The SMILES string of the molecule is CCCS(=O)(=O)NC1CCN(C(=O)C2CCCN2)CC1. The van der Waals surface area contributed by atoms with Crippen LogP contribution in [-0.2, 0) is 14.8 Å². The molecule has 116 valence electrons. The fourth-order valence-electron chi connectivity index (χ4n) is 2.92. The third-order valence-electron chi connectivity index (χ3n) is 3.98. The molecule has 2 N–H and O–H groups in total. The zero-order valence-corrected chi connectivity index (χ0v) is 12.9. The molecule has 0 radical (unpaired) electrons. The maximum atomic E-state index is 12.2. The van der Waals surface area contributed by atoms with Crippen molar-refractivity contribution in [2.75, 3.05) is 25.4 Å². The summed E-state index contributed by atoms with van der Waals surface area (Å²) in [5.41, 5.74) is 0. The first-order valence-electron chi connectivity index (χ1n) is 7.54. The molecule has 0 aromatic rings. The van der Waals surface area contributed by atoms with E-state index >= 15 is 0 Å². The number of hydrogen-bond acceptors (Lipinski definition) is 4. The van der Waals surface area contributed by atoms with Gasteiger partial charge in [-0.15, -0.1) is 0 Å². The zero-order valence-electron chi connectivity index (χ0n) is 12.1. The summed E-state index contributed by atoms with van der Waals surface area (Å²) < 4.78 is 26.2. The van der Waals surface area contributed by atoms with Crippen LogP contribution < -0.4 is 10.0 Å². The first kappa shape index (κ1) is 15.7. The van der Waals surface area contributed by atoms with Gasteiger partial charge in [0.25, 0.3) is 0 Å². The molecule has 0 saturated carbocycles. The molecule has 2 saturated heterocycles. The highest BCUT2D eigenvalue weighted by molar-refractivity contribution is 7.89. The number of rotatable bonds is 5. The third kappa shape index (κ3) is 4.17. The Hall–Kier alpha value is -0.660. The molecular formula is C13H25N3O3S. The van der Waals surface area contributed by atoms with Crippen LogP contribution in [0.2, 0.25) is 0 Å². The Bertz CT molecular complexity index is 424. The van der Waals surface area contributed by atoms with E-state index in [0.717, 1.165) is 19.4 Å². The zero-order chi connectivity index (χ0) is 14.6. The summed E-state index contributed by atoms with van der Waals surface area (Å²) in [6.07, 6.45) is 4.02. The average molecular weight is 303 g/mol. The molecule has 2 fully saturated rings. The van der Waals surface area contributed by atoms with Gasteiger partial charge in [0.1, 0.15) is 0 Å². The number of hydrogen-bond donors (Lipinski definition) is 2. The standard InChI is InChI=1S/C13H25N3O3S/c1-2-10-20(18,19)15-11-5-8-16(9-6-11)13(17)12-4-3-7-14-12/h11-12,14-15H,2-10H2,1H3. The van der Waals surface area contributed by atoms with E-state index in [1.165, 1.54) is 0 Å². The molecule has 2 aliphatic heterocycles. The molecule has 20 heavy (non-hydrogen) atoms. The smallest absolute Gasteiger partial charge is 0.239 e. The van der Waals surface area contributed by atoms with Crippen LogP contribution in [0.15, 0.2) is 0 Å². The normalized spacial score (nSPS) is 25.1. The Morgan fingerprint density at radius 1 is 1.30 bits per heavy atom. The number of carbonyl (C=O) groups is 1. The Balaban J connectivity index is 1.78. The third-order valence-corrected chi connectivity index (χ3v) is 5.62. The van der Waals surface area contributed by atoms with Crippen molar-refractivity contribution < 1.29 is 13.2 Å². The summed E-state index contributed by atoms with van der Waals surface area (Å²) >= 11 is 0. The first-order chi connectivity index (χ1) is 9.52. The van der Waals surface area contributed by atoms with Crippen LogP contribution in [0.5, 0.6) is 0 Å². The van der Waals surface area contributed by atoms with Crippen molar-refractivity contribution in [2.24, 2.45) is 0 Å². The molecule has 1 atom stereocenters. The van der Waals surface area contributed by atoms with Gasteiger partial charge in [0, 0.05) is 19.1 Å². The molecule has 0 bridgehead atoms. The monoisotopic (exact) mass is 303 g/mol. The molecule has 1 unspecified atom stereocenters.